The molecular weight excluding hydrogens is 350 g/mol. The van der Waals surface area contributed by atoms with Gasteiger partial charge in [0.15, 0.2) is 0 Å². The Balaban J connectivity index is 0.00000301. The first-order chi connectivity index (χ1) is 12.6. The van der Waals surface area contributed by atoms with Crippen LogP contribution in [0.25, 0.3) is 0 Å². The number of hydrogen-bond acceptors (Lipinski definition) is 0. The lowest BCUT2D eigenvalue weighted by Gasteiger charge is -2.13. The molecular formula is C24H36P2. The smallest absolute Gasteiger partial charge is 0.0156 e. The molecule has 0 heterocycles. The van der Waals surface area contributed by atoms with Gasteiger partial charge in [-0.25, -0.2) is 0 Å². The van der Waals surface area contributed by atoms with Crippen molar-refractivity contribution in [1.29, 1.82) is 0 Å². The summed E-state index contributed by atoms with van der Waals surface area (Å²) in [6, 6.07) is 10.7. The minimum Gasteiger partial charge on any atom is -0.0990 e. The second kappa shape index (κ2) is 16.0. The summed E-state index contributed by atoms with van der Waals surface area (Å²) in [6.45, 7) is 17.0. The van der Waals surface area contributed by atoms with Gasteiger partial charge in [0.2, 0.25) is 0 Å². The largest absolute Gasteiger partial charge is 0.0990 e. The summed E-state index contributed by atoms with van der Waals surface area (Å²) in [5.74, 6) is 0. The van der Waals surface area contributed by atoms with Gasteiger partial charge in [0.25, 0.3) is 0 Å². The molecule has 2 heteroatoms. The Hall–Kier alpha value is -1.22. The van der Waals surface area contributed by atoms with E-state index in [1.807, 2.05) is 19.9 Å². The highest BCUT2D eigenvalue weighted by Crippen LogP contribution is 2.41. The Morgan fingerprint density at radius 2 is 1.58 bits per heavy atom. The standard InChI is InChI=1S/C22H30P2.C2H6/c1-6-8-15-20(23(3)4)16-12-13-19-21(14-7-2)24(5)22-17-10-9-11-18-22;1-2/h7-11,13-19H,2,6,12H2,1,3-5H3;1-2H3/b15-8-,19-13+,20-16+,21-14+;. The zero-order chi connectivity index (χ0) is 19.8. The van der Waals surface area contributed by atoms with Crippen molar-refractivity contribution >= 4 is 21.1 Å². The van der Waals surface area contributed by atoms with Crippen LogP contribution in [0.4, 0.5) is 0 Å². The highest BCUT2D eigenvalue weighted by atomic mass is 31.1. The summed E-state index contributed by atoms with van der Waals surface area (Å²) in [7, 11) is -0.375. The molecule has 0 nitrogen and oxygen atoms in total. The molecule has 142 valence electrons. The molecule has 0 fully saturated rings. The lowest BCUT2D eigenvalue weighted by atomic mass is 10.3. The summed E-state index contributed by atoms with van der Waals surface area (Å²) in [5.41, 5.74) is 0. The molecule has 0 spiro atoms. The van der Waals surface area contributed by atoms with E-state index in [0.29, 0.717) is 0 Å². The van der Waals surface area contributed by atoms with Gasteiger partial charge in [-0.05, 0) is 56.7 Å². The second-order valence-electron chi connectivity index (χ2n) is 5.69. The summed E-state index contributed by atoms with van der Waals surface area (Å²) in [4.78, 5) is 0. The van der Waals surface area contributed by atoms with Crippen LogP contribution in [-0.2, 0) is 0 Å². The molecule has 0 amide bonds. The van der Waals surface area contributed by atoms with Gasteiger partial charge in [-0.3, -0.25) is 0 Å². The minimum absolute atomic E-state index is 0.0491. The number of allylic oxidation sites excluding steroid dienone is 9. The summed E-state index contributed by atoms with van der Waals surface area (Å²) >= 11 is 0. The van der Waals surface area contributed by atoms with Crippen LogP contribution in [0.2, 0.25) is 0 Å². The lowest BCUT2D eigenvalue weighted by Crippen LogP contribution is -1.99. The molecule has 1 aromatic carbocycles. The average Bonchev–Trinajstić information content (AvgIpc) is 2.68. The van der Waals surface area contributed by atoms with Crippen molar-refractivity contribution in [3.8, 4) is 0 Å². The molecule has 0 radical (unpaired) electrons. The maximum Gasteiger partial charge on any atom is -0.0156 e. The van der Waals surface area contributed by atoms with E-state index < -0.39 is 0 Å². The Kier molecular flexibility index (Phi) is 15.2. The van der Waals surface area contributed by atoms with Crippen molar-refractivity contribution < 1.29 is 0 Å². The van der Waals surface area contributed by atoms with Gasteiger partial charge in [-0.2, -0.15) is 0 Å². The maximum atomic E-state index is 3.87. The third kappa shape index (κ3) is 10.1. The normalized spacial score (nSPS) is 13.8. The van der Waals surface area contributed by atoms with Gasteiger partial charge in [0.05, 0.1) is 0 Å². The predicted octanol–water partition coefficient (Wildman–Crippen LogP) is 8.06. The van der Waals surface area contributed by atoms with Crippen LogP contribution in [-0.4, -0.2) is 20.0 Å². The molecule has 1 rings (SSSR count). The molecule has 0 aliphatic rings. The van der Waals surface area contributed by atoms with Crippen LogP contribution in [0.3, 0.4) is 0 Å². The van der Waals surface area contributed by atoms with Crippen LogP contribution >= 0.6 is 15.8 Å². The third-order valence-corrected chi connectivity index (χ3v) is 7.12. The fourth-order valence-corrected chi connectivity index (χ4v) is 4.67. The van der Waals surface area contributed by atoms with Crippen molar-refractivity contribution in [3.63, 3.8) is 0 Å². The lowest BCUT2D eigenvalue weighted by molar-refractivity contribution is 1.22. The molecule has 0 bridgehead atoms. The zero-order valence-electron chi connectivity index (χ0n) is 17.4. The van der Waals surface area contributed by atoms with E-state index >= 15 is 0 Å². The predicted molar refractivity (Wildman–Crippen MR) is 129 cm³/mol. The quantitative estimate of drug-likeness (QED) is 0.297. The van der Waals surface area contributed by atoms with E-state index in [2.05, 4.69) is 100 Å². The molecule has 0 saturated carbocycles. The summed E-state index contributed by atoms with van der Waals surface area (Å²) in [6.07, 6.45) is 17.6. The Labute approximate surface area is 165 Å². The second-order valence-corrected chi connectivity index (χ2v) is 10.1. The molecule has 0 aliphatic carbocycles. The molecule has 1 aromatic rings. The van der Waals surface area contributed by atoms with Gasteiger partial charge < -0.3 is 0 Å². The van der Waals surface area contributed by atoms with Crippen LogP contribution in [0.5, 0.6) is 0 Å². The van der Waals surface area contributed by atoms with E-state index in [1.165, 1.54) is 15.9 Å². The molecule has 0 aromatic heterocycles. The highest BCUT2D eigenvalue weighted by molar-refractivity contribution is 7.69. The van der Waals surface area contributed by atoms with E-state index in [4.69, 9.17) is 0 Å². The van der Waals surface area contributed by atoms with Gasteiger partial charge in [-0.15, -0.1) is 0 Å². The van der Waals surface area contributed by atoms with Crippen molar-refractivity contribution in [3.05, 3.63) is 90.1 Å². The Bertz CT molecular complexity index is 604. The topological polar surface area (TPSA) is 0 Å². The van der Waals surface area contributed by atoms with Crippen molar-refractivity contribution in [2.75, 3.05) is 20.0 Å². The van der Waals surface area contributed by atoms with Gasteiger partial charge in [-0.1, -0.05) is 108 Å². The number of benzene rings is 1. The first-order valence-corrected chi connectivity index (χ1v) is 13.4. The molecule has 0 aliphatic heterocycles. The van der Waals surface area contributed by atoms with Crippen molar-refractivity contribution in [2.45, 2.75) is 33.6 Å². The minimum atomic E-state index is -0.326. The maximum absolute atomic E-state index is 3.87. The van der Waals surface area contributed by atoms with Crippen LogP contribution in [0.15, 0.2) is 90.1 Å². The molecule has 1 atom stereocenters. The van der Waals surface area contributed by atoms with Crippen molar-refractivity contribution in [2.24, 2.45) is 0 Å². The third-order valence-electron chi connectivity index (χ3n) is 3.61. The molecule has 0 saturated heterocycles. The SMILES string of the molecule is C=C/C=C(\C=C\C/C=C(\C=C/CC)P(C)C)P(C)c1ccccc1.CC. The molecule has 26 heavy (non-hydrogen) atoms. The van der Waals surface area contributed by atoms with Crippen molar-refractivity contribution in [1.82, 2.24) is 0 Å². The first-order valence-electron chi connectivity index (χ1n) is 9.42. The highest BCUT2D eigenvalue weighted by Gasteiger charge is 2.07. The monoisotopic (exact) mass is 386 g/mol. The zero-order valence-corrected chi connectivity index (χ0v) is 19.2. The fourth-order valence-electron chi connectivity index (χ4n) is 2.22. The number of hydrogen-bond donors (Lipinski definition) is 0. The van der Waals surface area contributed by atoms with Gasteiger partial charge in [0, 0.05) is 0 Å². The van der Waals surface area contributed by atoms with E-state index in [-0.39, 0.29) is 15.8 Å². The summed E-state index contributed by atoms with van der Waals surface area (Å²) in [5, 5.41) is 4.24. The van der Waals surface area contributed by atoms with E-state index in [9.17, 15) is 0 Å². The Morgan fingerprint density at radius 1 is 0.962 bits per heavy atom. The van der Waals surface area contributed by atoms with Crippen LogP contribution in [0, 0.1) is 0 Å². The fraction of sp³-hybridized carbons (Fsp3) is 0.333. The van der Waals surface area contributed by atoms with E-state index in [1.54, 1.807) is 0 Å². The van der Waals surface area contributed by atoms with Crippen LogP contribution in [0.1, 0.15) is 33.6 Å². The first kappa shape index (κ1) is 24.8. The van der Waals surface area contributed by atoms with E-state index in [0.717, 1.165) is 12.8 Å². The molecule has 0 N–H and O–H groups in total. The van der Waals surface area contributed by atoms with Gasteiger partial charge >= 0.3 is 0 Å². The molecule has 1 unspecified atom stereocenters. The average molecular weight is 387 g/mol. The number of rotatable bonds is 9. The Morgan fingerprint density at radius 3 is 2.12 bits per heavy atom. The summed E-state index contributed by atoms with van der Waals surface area (Å²) < 4.78 is 0. The van der Waals surface area contributed by atoms with Crippen LogP contribution < -0.4 is 5.30 Å². The van der Waals surface area contributed by atoms with Gasteiger partial charge in [0.1, 0.15) is 0 Å².